The minimum absolute atomic E-state index is 0.209. The zero-order valence-electron chi connectivity index (χ0n) is 12.1. The van der Waals surface area contributed by atoms with Crippen LogP contribution in [0.25, 0.3) is 0 Å². The molecule has 1 aromatic rings. The van der Waals surface area contributed by atoms with Crippen LogP contribution in [0.5, 0.6) is 0 Å². The van der Waals surface area contributed by atoms with Gasteiger partial charge in [0.05, 0.1) is 0 Å². The number of carbonyl (C=O) groups is 1. The van der Waals surface area contributed by atoms with Crippen LogP contribution in [0, 0.1) is 5.92 Å². The average Bonchev–Trinajstić information content (AvgIpc) is 2.48. The molecule has 2 rings (SSSR count). The molecule has 0 bridgehead atoms. The van der Waals surface area contributed by atoms with Crippen LogP contribution in [0.2, 0.25) is 0 Å². The van der Waals surface area contributed by atoms with E-state index >= 15 is 0 Å². The van der Waals surface area contributed by atoms with E-state index in [0.29, 0.717) is 5.92 Å². The zero-order chi connectivity index (χ0) is 14.6. The summed E-state index contributed by atoms with van der Waals surface area (Å²) in [5.74, 6) is 0.211. The van der Waals surface area contributed by atoms with Crippen molar-refractivity contribution >= 4 is 21.9 Å². The summed E-state index contributed by atoms with van der Waals surface area (Å²) in [6, 6.07) is 9.65. The minimum Gasteiger partial charge on any atom is -0.458 e. The highest BCUT2D eigenvalue weighted by molar-refractivity contribution is 9.09. The van der Waals surface area contributed by atoms with E-state index in [4.69, 9.17) is 4.74 Å². The molecule has 0 saturated carbocycles. The first-order chi connectivity index (χ1) is 9.50. The lowest BCUT2D eigenvalue weighted by Gasteiger charge is -2.37. The Morgan fingerprint density at radius 1 is 1.30 bits per heavy atom. The highest BCUT2D eigenvalue weighted by Gasteiger charge is 2.35. The highest BCUT2D eigenvalue weighted by Crippen LogP contribution is 2.32. The summed E-state index contributed by atoms with van der Waals surface area (Å²) in [6.07, 6.45) is 2.11. The zero-order valence-corrected chi connectivity index (χ0v) is 13.7. The first kappa shape index (κ1) is 15.5. The standard InChI is InChI=1S/C16H22BrNO2/c1-16(2,13-8-10-18-11-9-13)20-15(19)14(17)12-6-4-3-5-7-12/h3-7,13-14,18H,8-11H2,1-2H3. The molecular formula is C16H22BrNO2. The maximum atomic E-state index is 12.3. The molecule has 0 spiro atoms. The SMILES string of the molecule is CC(C)(OC(=O)C(Br)c1ccccc1)C1CCNCC1. The first-order valence-corrected chi connectivity index (χ1v) is 8.05. The second kappa shape index (κ2) is 6.72. The quantitative estimate of drug-likeness (QED) is 0.674. The van der Waals surface area contributed by atoms with Crippen molar-refractivity contribution in [3.05, 3.63) is 35.9 Å². The predicted octanol–water partition coefficient (Wildman–Crippen LogP) is 3.44. The van der Waals surface area contributed by atoms with Gasteiger partial charge >= 0.3 is 5.97 Å². The van der Waals surface area contributed by atoms with Crippen molar-refractivity contribution in [3.63, 3.8) is 0 Å². The predicted molar refractivity (Wildman–Crippen MR) is 83.9 cm³/mol. The molecule has 1 heterocycles. The smallest absolute Gasteiger partial charge is 0.324 e. The molecule has 1 aliphatic rings. The maximum Gasteiger partial charge on any atom is 0.324 e. The molecule has 1 fully saturated rings. The third-order valence-electron chi connectivity index (χ3n) is 3.99. The number of piperidine rings is 1. The fourth-order valence-electron chi connectivity index (χ4n) is 2.67. The lowest BCUT2D eigenvalue weighted by Crippen LogP contribution is -2.43. The molecule has 1 saturated heterocycles. The van der Waals surface area contributed by atoms with Crippen molar-refractivity contribution < 1.29 is 9.53 Å². The molecule has 1 unspecified atom stereocenters. The van der Waals surface area contributed by atoms with Crippen molar-refractivity contribution in [2.45, 2.75) is 37.1 Å². The van der Waals surface area contributed by atoms with Gasteiger partial charge in [-0.25, -0.2) is 0 Å². The summed E-state index contributed by atoms with van der Waals surface area (Å²) in [4.78, 5) is 11.9. The normalized spacial score (nSPS) is 18.6. The van der Waals surface area contributed by atoms with Crippen LogP contribution in [-0.4, -0.2) is 24.7 Å². The molecule has 0 amide bonds. The molecule has 0 aliphatic carbocycles. The Morgan fingerprint density at radius 2 is 1.90 bits per heavy atom. The monoisotopic (exact) mass is 339 g/mol. The van der Waals surface area contributed by atoms with Gasteiger partial charge < -0.3 is 10.1 Å². The molecule has 1 aromatic carbocycles. The number of ether oxygens (including phenoxy) is 1. The first-order valence-electron chi connectivity index (χ1n) is 7.13. The van der Waals surface area contributed by atoms with E-state index in [9.17, 15) is 4.79 Å². The molecular weight excluding hydrogens is 318 g/mol. The van der Waals surface area contributed by atoms with Crippen molar-refractivity contribution in [2.24, 2.45) is 5.92 Å². The molecule has 1 N–H and O–H groups in total. The topological polar surface area (TPSA) is 38.3 Å². The summed E-state index contributed by atoms with van der Waals surface area (Å²) in [7, 11) is 0. The average molecular weight is 340 g/mol. The number of hydrogen-bond acceptors (Lipinski definition) is 3. The number of benzene rings is 1. The molecule has 4 heteroatoms. The van der Waals surface area contributed by atoms with Crippen molar-refractivity contribution in [1.29, 1.82) is 0 Å². The molecule has 110 valence electrons. The summed E-state index contributed by atoms with van der Waals surface area (Å²) >= 11 is 3.44. The van der Waals surface area contributed by atoms with Gasteiger partial charge in [-0.15, -0.1) is 0 Å². The molecule has 0 aromatic heterocycles. The fraction of sp³-hybridized carbons (Fsp3) is 0.562. The van der Waals surface area contributed by atoms with Crippen LogP contribution >= 0.6 is 15.9 Å². The molecule has 1 atom stereocenters. The number of nitrogens with one attached hydrogen (secondary N) is 1. The third-order valence-corrected chi connectivity index (χ3v) is 4.89. The van der Waals surface area contributed by atoms with Gasteiger partial charge in [0.2, 0.25) is 0 Å². The van der Waals surface area contributed by atoms with Gasteiger partial charge in [-0.2, -0.15) is 0 Å². The number of hydrogen-bond donors (Lipinski definition) is 1. The Bertz CT molecular complexity index is 441. The van der Waals surface area contributed by atoms with Gasteiger partial charge in [0.15, 0.2) is 0 Å². The summed E-state index contributed by atoms with van der Waals surface area (Å²) in [5.41, 5.74) is 0.513. The molecule has 0 radical (unpaired) electrons. The number of rotatable bonds is 4. The van der Waals surface area contributed by atoms with Crippen LogP contribution in [0.1, 0.15) is 37.1 Å². The third kappa shape index (κ3) is 3.83. The van der Waals surface area contributed by atoms with Crippen molar-refractivity contribution in [3.8, 4) is 0 Å². The van der Waals surface area contributed by atoms with Crippen LogP contribution in [0.4, 0.5) is 0 Å². The Hall–Kier alpha value is -0.870. The Labute approximate surface area is 129 Å². The minimum atomic E-state index is -0.417. The number of halogens is 1. The number of alkyl halides is 1. The van der Waals surface area contributed by atoms with Gasteiger partial charge in [0.1, 0.15) is 10.4 Å². The van der Waals surface area contributed by atoms with Gasteiger partial charge in [-0.1, -0.05) is 46.3 Å². The summed E-state index contributed by atoms with van der Waals surface area (Å²) in [6.45, 7) is 6.04. The van der Waals surface area contributed by atoms with E-state index in [0.717, 1.165) is 31.5 Å². The summed E-state index contributed by atoms with van der Waals surface area (Å²) in [5, 5.41) is 3.34. The van der Waals surface area contributed by atoms with E-state index in [1.165, 1.54) is 0 Å². The lowest BCUT2D eigenvalue weighted by molar-refractivity contribution is -0.162. The van der Waals surface area contributed by atoms with Gasteiger partial charge in [0, 0.05) is 5.92 Å². The van der Waals surface area contributed by atoms with E-state index in [1.807, 2.05) is 44.2 Å². The van der Waals surface area contributed by atoms with Crippen LogP contribution in [0.15, 0.2) is 30.3 Å². The molecule has 20 heavy (non-hydrogen) atoms. The largest absolute Gasteiger partial charge is 0.458 e. The van der Waals surface area contributed by atoms with Crippen LogP contribution in [0.3, 0.4) is 0 Å². The Kier molecular flexibility index (Phi) is 5.22. The van der Waals surface area contributed by atoms with E-state index in [2.05, 4.69) is 21.2 Å². The van der Waals surface area contributed by atoms with E-state index in [1.54, 1.807) is 0 Å². The van der Waals surface area contributed by atoms with Gasteiger partial charge in [-0.3, -0.25) is 4.79 Å². The second-order valence-electron chi connectivity index (χ2n) is 5.82. The van der Waals surface area contributed by atoms with E-state index in [-0.39, 0.29) is 5.97 Å². The highest BCUT2D eigenvalue weighted by atomic mass is 79.9. The van der Waals surface area contributed by atoms with Crippen LogP contribution < -0.4 is 5.32 Å². The maximum absolute atomic E-state index is 12.3. The van der Waals surface area contributed by atoms with Gasteiger partial charge in [0.25, 0.3) is 0 Å². The number of esters is 1. The van der Waals surface area contributed by atoms with Crippen molar-refractivity contribution in [1.82, 2.24) is 5.32 Å². The molecule has 3 nitrogen and oxygen atoms in total. The Morgan fingerprint density at radius 3 is 2.50 bits per heavy atom. The summed E-state index contributed by atoms with van der Waals surface area (Å²) < 4.78 is 5.78. The molecule has 1 aliphatic heterocycles. The Balaban J connectivity index is 1.99. The lowest BCUT2D eigenvalue weighted by atomic mass is 9.83. The second-order valence-corrected chi connectivity index (χ2v) is 6.74. The fourth-order valence-corrected chi connectivity index (χ4v) is 3.07. The number of carbonyl (C=O) groups excluding carboxylic acids is 1. The van der Waals surface area contributed by atoms with E-state index < -0.39 is 10.4 Å². The van der Waals surface area contributed by atoms with Crippen LogP contribution in [-0.2, 0) is 9.53 Å². The van der Waals surface area contributed by atoms with Gasteiger partial charge in [-0.05, 0) is 45.3 Å². The van der Waals surface area contributed by atoms with Crippen molar-refractivity contribution in [2.75, 3.05) is 13.1 Å².